The monoisotopic (exact) mass is 448 g/mol. The molecule has 0 aliphatic carbocycles. The van der Waals surface area contributed by atoms with E-state index in [1.54, 1.807) is 30.3 Å². The van der Waals surface area contributed by atoms with Gasteiger partial charge in [-0.2, -0.15) is 17.2 Å². The Hall–Kier alpha value is -3.25. The lowest BCUT2D eigenvalue weighted by Gasteiger charge is -2.09. The largest absolute Gasteiger partial charge is 0.462 e. The lowest BCUT2D eigenvalue weighted by Crippen LogP contribution is -2.15. The first-order chi connectivity index (χ1) is 14.0. The average molecular weight is 448 g/mol. The maximum Gasteiger partial charge on any atom is 0.336 e. The Morgan fingerprint density at radius 3 is 1.97 bits per heavy atom. The molecule has 0 spiro atoms. The lowest BCUT2D eigenvalue weighted by molar-refractivity contribution is -0.138. The van der Waals surface area contributed by atoms with Gasteiger partial charge in [0.2, 0.25) is 17.4 Å². The van der Waals surface area contributed by atoms with Crippen LogP contribution in [0.25, 0.3) is 0 Å². The molecule has 1 N–H and O–H groups in total. The fourth-order valence-electron chi connectivity index (χ4n) is 2.14. The smallest absolute Gasteiger partial charge is 0.336 e. The van der Waals surface area contributed by atoms with Crippen molar-refractivity contribution < 1.29 is 49.6 Å². The Labute approximate surface area is 167 Å². The molecule has 0 saturated carbocycles. The van der Waals surface area contributed by atoms with E-state index in [0.29, 0.717) is 18.6 Å². The molecule has 0 fully saturated rings. The van der Waals surface area contributed by atoms with Gasteiger partial charge in [-0.1, -0.05) is 30.3 Å². The van der Waals surface area contributed by atoms with Crippen LogP contribution in [0.4, 0.5) is 17.6 Å². The van der Waals surface area contributed by atoms with Crippen molar-refractivity contribution in [2.45, 2.75) is 11.3 Å². The molecule has 2 rings (SSSR count). The summed E-state index contributed by atoms with van der Waals surface area (Å²) >= 11 is 0. The highest BCUT2D eigenvalue weighted by Gasteiger charge is 2.33. The molecule has 0 bridgehead atoms. The van der Waals surface area contributed by atoms with Crippen LogP contribution in [-0.2, 0) is 30.9 Å². The molecule has 2 aromatic carbocycles. The molecule has 2 aromatic rings. The summed E-state index contributed by atoms with van der Waals surface area (Å²) in [6.45, 7) is -0.0426. The van der Waals surface area contributed by atoms with Gasteiger partial charge in [-0.25, -0.2) is 18.4 Å². The highest BCUT2D eigenvalue weighted by molar-refractivity contribution is 7.85. The fraction of sp³-hybridized carbons (Fsp3) is 0.111. The van der Waals surface area contributed by atoms with E-state index in [4.69, 9.17) is 9.29 Å². The topological polar surface area (TPSA) is 107 Å². The Morgan fingerprint density at radius 1 is 0.900 bits per heavy atom. The standard InChI is InChI=1S/C18H12F4O7S/c19-13-15(21)18(30(25,26)27)16(22)14(20)17(13)29-12(24)7-6-11(23)28-9-8-10-4-2-1-3-5-10/h1-7H,8-9H2,(H,25,26,27)/b7-6-. The number of halogens is 4. The van der Waals surface area contributed by atoms with Crippen LogP contribution in [0, 0.1) is 23.3 Å². The SMILES string of the molecule is O=C(/C=C\C(=O)Oc1c(F)c(F)c(S(=O)(=O)O)c(F)c1F)OCCc1ccccc1. The van der Waals surface area contributed by atoms with E-state index >= 15 is 0 Å². The van der Waals surface area contributed by atoms with Crippen molar-refractivity contribution in [1.82, 2.24) is 0 Å². The molecule has 7 nitrogen and oxygen atoms in total. The maximum atomic E-state index is 13.8. The van der Waals surface area contributed by atoms with Gasteiger partial charge < -0.3 is 9.47 Å². The van der Waals surface area contributed by atoms with E-state index in [1.807, 2.05) is 0 Å². The maximum absolute atomic E-state index is 13.8. The van der Waals surface area contributed by atoms with Gasteiger partial charge in [-0.15, -0.1) is 0 Å². The van der Waals surface area contributed by atoms with E-state index in [-0.39, 0.29) is 6.61 Å². The lowest BCUT2D eigenvalue weighted by atomic mass is 10.2. The van der Waals surface area contributed by atoms with Crippen molar-refractivity contribution >= 4 is 22.1 Å². The van der Waals surface area contributed by atoms with Gasteiger partial charge in [0.25, 0.3) is 0 Å². The zero-order valence-corrected chi connectivity index (χ0v) is 15.6. The molecular formula is C18H12F4O7S. The summed E-state index contributed by atoms with van der Waals surface area (Å²) < 4.78 is 94.0. The summed E-state index contributed by atoms with van der Waals surface area (Å²) in [6, 6.07) is 8.92. The van der Waals surface area contributed by atoms with Crippen LogP contribution in [0.5, 0.6) is 5.75 Å². The number of benzene rings is 2. The van der Waals surface area contributed by atoms with Crippen LogP contribution < -0.4 is 4.74 Å². The number of hydrogen-bond acceptors (Lipinski definition) is 6. The third kappa shape index (κ3) is 5.64. The van der Waals surface area contributed by atoms with E-state index in [9.17, 15) is 35.6 Å². The molecule has 0 aliphatic heterocycles. The van der Waals surface area contributed by atoms with E-state index in [1.165, 1.54) is 0 Å². The summed E-state index contributed by atoms with van der Waals surface area (Å²) in [5.41, 5.74) is 0.872. The number of carbonyl (C=O) groups excluding carboxylic acids is 2. The van der Waals surface area contributed by atoms with Crippen molar-refractivity contribution in [2.24, 2.45) is 0 Å². The second kappa shape index (κ2) is 9.50. The van der Waals surface area contributed by atoms with Gasteiger partial charge in [0.1, 0.15) is 0 Å². The van der Waals surface area contributed by atoms with Crippen LogP contribution in [0.3, 0.4) is 0 Å². The zero-order chi connectivity index (χ0) is 22.5. The minimum absolute atomic E-state index is 0.0426. The Bertz CT molecular complexity index is 1070. The van der Waals surface area contributed by atoms with Crippen LogP contribution >= 0.6 is 0 Å². The molecule has 0 atom stereocenters. The molecule has 0 heterocycles. The van der Waals surface area contributed by atoms with Gasteiger partial charge in [0, 0.05) is 18.6 Å². The molecule has 0 aromatic heterocycles. The van der Waals surface area contributed by atoms with Gasteiger partial charge in [0.15, 0.2) is 16.5 Å². The molecule has 0 saturated heterocycles. The minimum atomic E-state index is -5.65. The summed E-state index contributed by atoms with van der Waals surface area (Å²) in [7, 11) is -5.65. The molecular weight excluding hydrogens is 436 g/mol. The number of carbonyl (C=O) groups is 2. The van der Waals surface area contributed by atoms with Crippen molar-refractivity contribution in [1.29, 1.82) is 0 Å². The van der Waals surface area contributed by atoms with Crippen LogP contribution in [0.15, 0.2) is 47.4 Å². The molecule has 0 unspecified atom stereocenters. The second-order valence-corrected chi connectivity index (χ2v) is 6.91. The Kier molecular flexibility index (Phi) is 7.29. The highest BCUT2D eigenvalue weighted by atomic mass is 32.2. The Balaban J connectivity index is 2.04. The summed E-state index contributed by atoms with van der Waals surface area (Å²) in [5.74, 6) is -14.3. The summed E-state index contributed by atoms with van der Waals surface area (Å²) in [4.78, 5) is 20.8. The molecule has 160 valence electrons. The van der Waals surface area contributed by atoms with Crippen molar-refractivity contribution in [3.05, 3.63) is 71.3 Å². The van der Waals surface area contributed by atoms with Crippen LogP contribution in [0.2, 0.25) is 0 Å². The van der Waals surface area contributed by atoms with Crippen molar-refractivity contribution in [3.63, 3.8) is 0 Å². The van der Waals surface area contributed by atoms with Gasteiger partial charge >= 0.3 is 22.1 Å². The zero-order valence-electron chi connectivity index (χ0n) is 14.8. The first-order valence-electron chi connectivity index (χ1n) is 7.96. The van der Waals surface area contributed by atoms with E-state index in [2.05, 4.69) is 4.74 Å². The third-order valence-electron chi connectivity index (χ3n) is 3.48. The van der Waals surface area contributed by atoms with E-state index in [0.717, 1.165) is 5.56 Å². The average Bonchev–Trinajstić information content (AvgIpc) is 2.68. The van der Waals surface area contributed by atoms with Crippen LogP contribution in [0.1, 0.15) is 5.56 Å². The molecule has 0 aliphatic rings. The first-order valence-corrected chi connectivity index (χ1v) is 9.40. The predicted molar refractivity (Wildman–Crippen MR) is 92.0 cm³/mol. The van der Waals surface area contributed by atoms with Gasteiger partial charge in [0.05, 0.1) is 6.61 Å². The Morgan fingerprint density at radius 2 is 1.43 bits per heavy atom. The molecule has 0 amide bonds. The molecule has 0 radical (unpaired) electrons. The molecule has 12 heteroatoms. The number of rotatable bonds is 7. The number of ether oxygens (including phenoxy) is 2. The third-order valence-corrected chi connectivity index (χ3v) is 4.35. The fourth-order valence-corrected chi connectivity index (χ4v) is 2.77. The van der Waals surface area contributed by atoms with Crippen LogP contribution in [-0.4, -0.2) is 31.5 Å². The van der Waals surface area contributed by atoms with E-state index < -0.39 is 56.0 Å². The normalized spacial score (nSPS) is 11.5. The van der Waals surface area contributed by atoms with Gasteiger partial charge in [-0.3, -0.25) is 4.55 Å². The minimum Gasteiger partial charge on any atom is -0.462 e. The second-order valence-electron chi connectivity index (χ2n) is 5.55. The van der Waals surface area contributed by atoms with Gasteiger partial charge in [-0.05, 0) is 5.56 Å². The predicted octanol–water partition coefficient (Wildman–Crippen LogP) is 2.74. The summed E-state index contributed by atoms with van der Waals surface area (Å²) in [5, 5.41) is 0. The van der Waals surface area contributed by atoms with Crippen molar-refractivity contribution in [3.8, 4) is 5.75 Å². The van der Waals surface area contributed by atoms with Crippen molar-refractivity contribution in [2.75, 3.05) is 6.61 Å². The summed E-state index contributed by atoms with van der Waals surface area (Å²) in [6.07, 6.45) is 1.29. The first kappa shape index (κ1) is 23.0. The number of hydrogen-bond donors (Lipinski definition) is 1. The number of esters is 2. The quantitative estimate of drug-likeness (QED) is 0.173. The molecule has 30 heavy (non-hydrogen) atoms. The highest BCUT2D eigenvalue weighted by Crippen LogP contribution is 2.32.